The van der Waals surface area contributed by atoms with Gasteiger partial charge in [0.25, 0.3) is 5.56 Å². The van der Waals surface area contributed by atoms with E-state index in [9.17, 15) is 9.59 Å². The van der Waals surface area contributed by atoms with Crippen LogP contribution in [0.3, 0.4) is 0 Å². The van der Waals surface area contributed by atoms with Crippen molar-refractivity contribution < 1.29 is 4.79 Å². The summed E-state index contributed by atoms with van der Waals surface area (Å²) in [6, 6.07) is 10.2. The molecule has 2 aromatic heterocycles. The molecule has 6 heteroatoms. The first-order valence-electron chi connectivity index (χ1n) is 10.4. The molecule has 1 amide bonds. The first kappa shape index (κ1) is 19.8. The minimum atomic E-state index is -0.133. The smallest absolute Gasteiger partial charge is 0.263 e. The van der Waals surface area contributed by atoms with E-state index < -0.39 is 0 Å². The second-order valence-electron chi connectivity index (χ2n) is 7.73. The standard InChI is InChI=1S/C23H27N3O2S/c1-3-26(18-12-8-5-9-13-18)19(27)14-25-15-24-22-21(23(25)28)20(16(2)29-22)17-10-6-4-7-11-17/h4,6-7,10-11,15,18H,3,5,8-9,12-14H2,1-2H3. The molecule has 4 rings (SSSR count). The highest BCUT2D eigenvalue weighted by Gasteiger charge is 2.25. The van der Waals surface area contributed by atoms with Crippen molar-refractivity contribution in [2.24, 2.45) is 0 Å². The maximum atomic E-state index is 13.3. The third kappa shape index (κ3) is 3.86. The minimum Gasteiger partial charge on any atom is -0.338 e. The number of nitrogens with zero attached hydrogens (tertiary/aromatic N) is 3. The third-order valence-corrected chi connectivity index (χ3v) is 6.91. The summed E-state index contributed by atoms with van der Waals surface area (Å²) in [4.78, 5) is 34.6. The van der Waals surface area contributed by atoms with Crippen molar-refractivity contribution in [1.82, 2.24) is 14.5 Å². The van der Waals surface area contributed by atoms with Gasteiger partial charge in [0.1, 0.15) is 11.4 Å². The van der Waals surface area contributed by atoms with Gasteiger partial charge in [-0.05, 0) is 32.3 Å². The average Bonchev–Trinajstić information content (AvgIpc) is 3.09. The van der Waals surface area contributed by atoms with Crippen molar-refractivity contribution in [1.29, 1.82) is 0 Å². The van der Waals surface area contributed by atoms with Crippen LogP contribution in [0.4, 0.5) is 0 Å². The van der Waals surface area contributed by atoms with E-state index in [4.69, 9.17) is 0 Å². The number of amides is 1. The molecule has 0 atom stereocenters. The van der Waals surface area contributed by atoms with Crippen molar-refractivity contribution in [2.75, 3.05) is 6.54 Å². The summed E-state index contributed by atoms with van der Waals surface area (Å²) >= 11 is 1.53. The lowest BCUT2D eigenvalue weighted by Crippen LogP contribution is -2.44. The van der Waals surface area contributed by atoms with E-state index in [1.165, 1.54) is 41.5 Å². The van der Waals surface area contributed by atoms with Gasteiger partial charge in [-0.1, -0.05) is 49.6 Å². The zero-order chi connectivity index (χ0) is 20.4. The van der Waals surface area contributed by atoms with Crippen LogP contribution in [0.2, 0.25) is 0 Å². The van der Waals surface area contributed by atoms with Crippen LogP contribution in [-0.2, 0) is 11.3 Å². The monoisotopic (exact) mass is 409 g/mol. The first-order chi connectivity index (χ1) is 14.1. The number of thiophene rings is 1. The zero-order valence-electron chi connectivity index (χ0n) is 17.1. The molecule has 0 saturated heterocycles. The van der Waals surface area contributed by atoms with E-state index in [0.717, 1.165) is 33.7 Å². The third-order valence-electron chi connectivity index (χ3n) is 5.90. The zero-order valence-corrected chi connectivity index (χ0v) is 17.9. The highest BCUT2D eigenvalue weighted by atomic mass is 32.1. The van der Waals surface area contributed by atoms with Gasteiger partial charge in [0.15, 0.2) is 0 Å². The molecule has 1 aliphatic rings. The van der Waals surface area contributed by atoms with Gasteiger partial charge in [-0.3, -0.25) is 14.2 Å². The Balaban J connectivity index is 1.69. The Bertz CT molecular complexity index is 1060. The minimum absolute atomic E-state index is 0.0101. The molecule has 2 heterocycles. The van der Waals surface area contributed by atoms with E-state index in [-0.39, 0.29) is 18.0 Å². The lowest BCUT2D eigenvalue weighted by Gasteiger charge is -2.33. The number of likely N-dealkylation sites (N-methyl/N-ethyl adjacent to an activating group) is 1. The first-order valence-corrected chi connectivity index (χ1v) is 11.2. The van der Waals surface area contributed by atoms with Crippen LogP contribution >= 0.6 is 11.3 Å². The number of aryl methyl sites for hydroxylation is 1. The Morgan fingerprint density at radius 2 is 1.93 bits per heavy atom. The van der Waals surface area contributed by atoms with E-state index in [1.54, 1.807) is 0 Å². The fourth-order valence-corrected chi connectivity index (χ4v) is 5.47. The van der Waals surface area contributed by atoms with Crippen LogP contribution in [0.5, 0.6) is 0 Å². The molecule has 3 aromatic rings. The van der Waals surface area contributed by atoms with Crippen LogP contribution in [0, 0.1) is 6.92 Å². The van der Waals surface area contributed by atoms with Gasteiger partial charge >= 0.3 is 0 Å². The molecule has 0 aliphatic heterocycles. The van der Waals surface area contributed by atoms with E-state index >= 15 is 0 Å². The molecule has 0 bridgehead atoms. The lowest BCUT2D eigenvalue weighted by molar-refractivity contribution is -0.134. The molecule has 0 unspecified atom stereocenters. The van der Waals surface area contributed by atoms with Crippen molar-refractivity contribution in [3.63, 3.8) is 0 Å². The highest BCUT2D eigenvalue weighted by molar-refractivity contribution is 7.19. The molecule has 0 N–H and O–H groups in total. The Morgan fingerprint density at radius 1 is 1.21 bits per heavy atom. The largest absolute Gasteiger partial charge is 0.338 e. The van der Waals surface area contributed by atoms with Gasteiger partial charge < -0.3 is 4.90 Å². The number of benzene rings is 1. The molecule has 29 heavy (non-hydrogen) atoms. The van der Waals surface area contributed by atoms with Gasteiger partial charge in [-0.15, -0.1) is 11.3 Å². The maximum Gasteiger partial charge on any atom is 0.263 e. The lowest BCUT2D eigenvalue weighted by atomic mass is 9.94. The summed E-state index contributed by atoms with van der Waals surface area (Å²) in [7, 11) is 0. The van der Waals surface area contributed by atoms with E-state index in [0.29, 0.717) is 18.0 Å². The van der Waals surface area contributed by atoms with Crippen LogP contribution in [0.1, 0.15) is 43.9 Å². The Morgan fingerprint density at radius 3 is 2.62 bits per heavy atom. The number of fused-ring (bicyclic) bond motifs is 1. The van der Waals surface area contributed by atoms with Crippen molar-refractivity contribution in [3.8, 4) is 11.1 Å². The molecule has 1 fully saturated rings. The predicted octanol–water partition coefficient (Wildman–Crippen LogP) is 4.61. The topological polar surface area (TPSA) is 55.2 Å². The van der Waals surface area contributed by atoms with Gasteiger partial charge in [-0.25, -0.2) is 4.98 Å². The average molecular weight is 410 g/mol. The summed E-state index contributed by atoms with van der Waals surface area (Å²) in [6.45, 7) is 4.77. The van der Waals surface area contributed by atoms with Crippen LogP contribution in [-0.4, -0.2) is 32.9 Å². The van der Waals surface area contributed by atoms with Crippen molar-refractivity contribution in [3.05, 3.63) is 51.9 Å². The SMILES string of the molecule is CCN(C(=O)Cn1cnc2sc(C)c(-c3ccccc3)c2c1=O)C1CCCCC1. The number of rotatable bonds is 5. The van der Waals surface area contributed by atoms with E-state index in [1.807, 2.05) is 49.1 Å². The van der Waals surface area contributed by atoms with E-state index in [2.05, 4.69) is 4.98 Å². The van der Waals surface area contributed by atoms with Crippen LogP contribution in [0.15, 0.2) is 41.5 Å². The van der Waals surface area contributed by atoms with Crippen LogP contribution < -0.4 is 5.56 Å². The normalized spacial score (nSPS) is 15.0. The summed E-state index contributed by atoms with van der Waals surface area (Å²) in [5.74, 6) is 0.0101. The molecule has 152 valence electrons. The fraction of sp³-hybridized carbons (Fsp3) is 0.435. The van der Waals surface area contributed by atoms with Crippen LogP contribution in [0.25, 0.3) is 21.3 Å². The second-order valence-corrected chi connectivity index (χ2v) is 8.93. The summed E-state index contributed by atoms with van der Waals surface area (Å²) in [5, 5.41) is 0.620. The number of hydrogen-bond acceptors (Lipinski definition) is 4. The molecule has 1 aliphatic carbocycles. The Hall–Kier alpha value is -2.47. The molecule has 5 nitrogen and oxygen atoms in total. The summed E-state index contributed by atoms with van der Waals surface area (Å²) < 4.78 is 1.48. The number of carbonyl (C=O) groups excluding carboxylic acids is 1. The van der Waals surface area contributed by atoms with Gasteiger partial charge in [0.2, 0.25) is 5.91 Å². The van der Waals surface area contributed by atoms with Crippen molar-refractivity contribution in [2.45, 2.75) is 58.5 Å². The van der Waals surface area contributed by atoms with Gasteiger partial charge in [0, 0.05) is 23.0 Å². The van der Waals surface area contributed by atoms with Gasteiger partial charge in [0.05, 0.1) is 11.7 Å². The number of carbonyl (C=O) groups is 1. The summed E-state index contributed by atoms with van der Waals surface area (Å²) in [5.41, 5.74) is 1.81. The Kier molecular flexibility index (Phi) is 5.81. The molecule has 0 radical (unpaired) electrons. The molecule has 1 aromatic carbocycles. The summed E-state index contributed by atoms with van der Waals surface area (Å²) in [6.07, 6.45) is 7.26. The molecular formula is C23H27N3O2S. The quantitative estimate of drug-likeness (QED) is 0.618. The molecular weight excluding hydrogens is 382 g/mol. The maximum absolute atomic E-state index is 13.3. The van der Waals surface area contributed by atoms with Gasteiger partial charge in [-0.2, -0.15) is 0 Å². The Labute approximate surface area is 175 Å². The fourth-order valence-electron chi connectivity index (χ4n) is 4.47. The van der Waals surface area contributed by atoms with Crippen molar-refractivity contribution >= 4 is 27.5 Å². The number of hydrogen-bond donors (Lipinski definition) is 0. The molecule has 0 spiro atoms. The molecule has 1 saturated carbocycles. The predicted molar refractivity (Wildman–Crippen MR) is 118 cm³/mol. The highest BCUT2D eigenvalue weighted by Crippen LogP contribution is 2.35. The second kappa shape index (κ2) is 8.49. The number of aromatic nitrogens is 2.